The van der Waals surface area contributed by atoms with Gasteiger partial charge in [0.15, 0.2) is 0 Å². The molecule has 0 saturated carbocycles. The van der Waals surface area contributed by atoms with E-state index in [1.807, 2.05) is 5.48 Å². The standard InChI is InChI=1S/C10H9NO4S/c12-11-9-3-1-8-6-10(16(13,14)15)4-2-7(8)5-9/h1-6,11-12H,(H,13,14,15). The molecule has 2 rings (SSSR count). The highest BCUT2D eigenvalue weighted by Crippen LogP contribution is 2.22. The van der Waals surface area contributed by atoms with E-state index >= 15 is 0 Å². The molecule has 0 unspecified atom stereocenters. The minimum absolute atomic E-state index is 0.148. The number of fused-ring (bicyclic) bond motifs is 1. The lowest BCUT2D eigenvalue weighted by molar-refractivity contribution is 0.389. The zero-order chi connectivity index (χ0) is 11.8. The van der Waals surface area contributed by atoms with Crippen LogP contribution in [0.25, 0.3) is 10.8 Å². The van der Waals surface area contributed by atoms with Crippen LogP contribution in [0.4, 0.5) is 5.69 Å². The van der Waals surface area contributed by atoms with Crippen LogP contribution >= 0.6 is 0 Å². The summed E-state index contributed by atoms with van der Waals surface area (Å²) in [6.45, 7) is 0. The highest BCUT2D eigenvalue weighted by molar-refractivity contribution is 7.85. The summed E-state index contributed by atoms with van der Waals surface area (Å²) in [5, 5.41) is 10.1. The lowest BCUT2D eigenvalue weighted by Crippen LogP contribution is -1.97. The average molecular weight is 239 g/mol. The van der Waals surface area contributed by atoms with E-state index in [1.54, 1.807) is 24.3 Å². The molecule has 0 bridgehead atoms. The molecule has 0 amide bonds. The van der Waals surface area contributed by atoms with Crippen LogP contribution in [-0.2, 0) is 10.1 Å². The van der Waals surface area contributed by atoms with Gasteiger partial charge in [0, 0.05) is 0 Å². The van der Waals surface area contributed by atoms with Gasteiger partial charge in [-0.15, -0.1) is 0 Å². The SMILES string of the molecule is O=S(=O)(O)c1ccc2cc(NO)ccc2c1. The minimum Gasteiger partial charge on any atom is -0.291 e. The zero-order valence-corrected chi connectivity index (χ0v) is 8.90. The molecule has 0 aromatic heterocycles. The molecule has 0 heterocycles. The fourth-order valence-corrected chi connectivity index (χ4v) is 1.97. The molecule has 0 fully saturated rings. The molecular formula is C10H9NO4S. The first-order chi connectivity index (χ1) is 7.50. The Kier molecular flexibility index (Phi) is 2.55. The Morgan fingerprint density at radius 1 is 1.00 bits per heavy atom. The second kappa shape index (κ2) is 3.75. The topological polar surface area (TPSA) is 86.6 Å². The van der Waals surface area contributed by atoms with Gasteiger partial charge in [-0.25, -0.2) is 0 Å². The first-order valence-electron chi connectivity index (χ1n) is 4.42. The first-order valence-corrected chi connectivity index (χ1v) is 5.86. The van der Waals surface area contributed by atoms with Crippen molar-refractivity contribution in [3.8, 4) is 0 Å². The summed E-state index contributed by atoms with van der Waals surface area (Å²) in [6.07, 6.45) is 0. The van der Waals surface area contributed by atoms with Gasteiger partial charge in [0.2, 0.25) is 0 Å². The number of benzene rings is 2. The maximum absolute atomic E-state index is 10.9. The third-order valence-corrected chi connectivity index (χ3v) is 3.09. The Morgan fingerprint density at radius 2 is 1.62 bits per heavy atom. The molecule has 0 saturated heterocycles. The van der Waals surface area contributed by atoms with Gasteiger partial charge in [-0.2, -0.15) is 8.42 Å². The number of hydrogen-bond acceptors (Lipinski definition) is 4. The van der Waals surface area contributed by atoms with Crippen LogP contribution in [0.15, 0.2) is 41.3 Å². The Balaban J connectivity index is 2.65. The molecule has 0 aliphatic heterocycles. The molecule has 6 heteroatoms. The van der Waals surface area contributed by atoms with E-state index < -0.39 is 10.1 Å². The van der Waals surface area contributed by atoms with Gasteiger partial charge in [0.25, 0.3) is 10.1 Å². The second-order valence-corrected chi connectivity index (χ2v) is 4.73. The van der Waals surface area contributed by atoms with Crippen molar-refractivity contribution in [2.75, 3.05) is 5.48 Å². The lowest BCUT2D eigenvalue weighted by atomic mass is 10.1. The Morgan fingerprint density at radius 3 is 2.25 bits per heavy atom. The molecule has 84 valence electrons. The van der Waals surface area contributed by atoms with Crippen LogP contribution in [0.3, 0.4) is 0 Å². The predicted molar refractivity (Wildman–Crippen MR) is 59.2 cm³/mol. The maximum atomic E-state index is 10.9. The summed E-state index contributed by atoms with van der Waals surface area (Å²) in [4.78, 5) is -0.148. The average Bonchev–Trinajstić information content (AvgIpc) is 2.26. The predicted octanol–water partition coefficient (Wildman–Crippen LogP) is 1.89. The van der Waals surface area contributed by atoms with Crippen molar-refractivity contribution in [3.63, 3.8) is 0 Å². The lowest BCUT2D eigenvalue weighted by Gasteiger charge is -2.03. The fourth-order valence-electron chi connectivity index (χ4n) is 1.45. The summed E-state index contributed by atoms with van der Waals surface area (Å²) in [7, 11) is -4.17. The number of anilines is 1. The monoisotopic (exact) mass is 239 g/mol. The normalized spacial score (nSPS) is 11.6. The van der Waals surface area contributed by atoms with Gasteiger partial charge >= 0.3 is 0 Å². The van der Waals surface area contributed by atoms with Gasteiger partial charge in [-0.1, -0.05) is 12.1 Å². The molecule has 0 aliphatic rings. The third-order valence-electron chi connectivity index (χ3n) is 2.24. The van der Waals surface area contributed by atoms with E-state index in [4.69, 9.17) is 9.76 Å². The van der Waals surface area contributed by atoms with Gasteiger partial charge in [0.05, 0.1) is 10.6 Å². The third kappa shape index (κ3) is 1.99. The van der Waals surface area contributed by atoms with Crippen LogP contribution < -0.4 is 5.48 Å². The molecule has 2 aromatic rings. The molecule has 3 N–H and O–H groups in total. The van der Waals surface area contributed by atoms with Crippen molar-refractivity contribution < 1.29 is 18.2 Å². The van der Waals surface area contributed by atoms with Crippen LogP contribution in [0.2, 0.25) is 0 Å². The second-order valence-electron chi connectivity index (χ2n) is 3.31. The maximum Gasteiger partial charge on any atom is 0.294 e. The number of hydrogen-bond donors (Lipinski definition) is 3. The molecule has 0 spiro atoms. The van der Waals surface area contributed by atoms with Crippen molar-refractivity contribution in [1.82, 2.24) is 0 Å². The summed E-state index contributed by atoms with van der Waals surface area (Å²) in [6, 6.07) is 9.12. The minimum atomic E-state index is -4.17. The van der Waals surface area contributed by atoms with Crippen LogP contribution in [0, 0.1) is 0 Å². The molecule has 16 heavy (non-hydrogen) atoms. The first kappa shape index (κ1) is 10.9. The van der Waals surface area contributed by atoms with Crippen molar-refractivity contribution in [1.29, 1.82) is 0 Å². The van der Waals surface area contributed by atoms with Gasteiger partial charge in [-0.3, -0.25) is 15.2 Å². The Labute approximate surface area is 92.0 Å². The van der Waals surface area contributed by atoms with E-state index in [-0.39, 0.29) is 4.90 Å². The van der Waals surface area contributed by atoms with E-state index in [0.717, 1.165) is 5.39 Å². The van der Waals surface area contributed by atoms with Gasteiger partial charge < -0.3 is 0 Å². The van der Waals surface area contributed by atoms with E-state index in [1.165, 1.54) is 12.1 Å². The Hall–Kier alpha value is -1.63. The molecular weight excluding hydrogens is 230 g/mol. The largest absolute Gasteiger partial charge is 0.294 e. The number of rotatable bonds is 2. The molecule has 0 radical (unpaired) electrons. The van der Waals surface area contributed by atoms with Crippen molar-refractivity contribution in [3.05, 3.63) is 36.4 Å². The van der Waals surface area contributed by atoms with E-state index in [2.05, 4.69) is 0 Å². The Bertz CT molecular complexity index is 636. The van der Waals surface area contributed by atoms with Crippen molar-refractivity contribution in [2.45, 2.75) is 4.90 Å². The summed E-state index contributed by atoms with van der Waals surface area (Å²) in [5.41, 5.74) is 2.50. The van der Waals surface area contributed by atoms with Crippen LogP contribution in [0.1, 0.15) is 0 Å². The highest BCUT2D eigenvalue weighted by atomic mass is 32.2. The van der Waals surface area contributed by atoms with E-state index in [9.17, 15) is 8.42 Å². The molecule has 0 atom stereocenters. The zero-order valence-electron chi connectivity index (χ0n) is 8.08. The van der Waals surface area contributed by atoms with Crippen LogP contribution in [0.5, 0.6) is 0 Å². The van der Waals surface area contributed by atoms with E-state index in [0.29, 0.717) is 11.1 Å². The van der Waals surface area contributed by atoms with Gasteiger partial charge in [0.1, 0.15) is 0 Å². The van der Waals surface area contributed by atoms with Gasteiger partial charge in [-0.05, 0) is 35.0 Å². The quantitative estimate of drug-likeness (QED) is 0.550. The molecule has 0 aliphatic carbocycles. The fraction of sp³-hybridized carbons (Fsp3) is 0. The summed E-state index contributed by atoms with van der Waals surface area (Å²) in [5.74, 6) is 0. The number of nitrogens with one attached hydrogen (secondary N) is 1. The summed E-state index contributed by atoms with van der Waals surface area (Å²) < 4.78 is 30.7. The highest BCUT2D eigenvalue weighted by Gasteiger charge is 2.09. The summed E-state index contributed by atoms with van der Waals surface area (Å²) >= 11 is 0. The van der Waals surface area contributed by atoms with Crippen molar-refractivity contribution in [2.24, 2.45) is 0 Å². The van der Waals surface area contributed by atoms with Crippen LogP contribution in [-0.4, -0.2) is 18.2 Å². The van der Waals surface area contributed by atoms with Crippen molar-refractivity contribution >= 4 is 26.6 Å². The smallest absolute Gasteiger partial charge is 0.291 e. The molecule has 2 aromatic carbocycles. The molecule has 5 nitrogen and oxygen atoms in total.